The molecule has 0 radical (unpaired) electrons. The van der Waals surface area contributed by atoms with Crippen LogP contribution in [0.1, 0.15) is 29.5 Å². The van der Waals surface area contributed by atoms with Gasteiger partial charge in [-0.15, -0.1) is 0 Å². The standard InChI is InChI=1S/C19H15BrINO2/c20-15-8-18-17(23-9-24-18)7-14(15)19-12-3-1-2-11(12)13-6-10(21)4-5-16(13)22-19/h1-2,4-8,11-12,19,22H,3,9H2/t11-,12-,19-/m1/s1. The molecule has 5 rings (SSSR count). The van der Waals surface area contributed by atoms with E-state index in [9.17, 15) is 0 Å². The largest absolute Gasteiger partial charge is 0.454 e. The molecule has 0 amide bonds. The summed E-state index contributed by atoms with van der Waals surface area (Å²) in [4.78, 5) is 0. The fraction of sp³-hybridized carbons (Fsp3) is 0.263. The van der Waals surface area contributed by atoms with Crippen molar-refractivity contribution >= 4 is 44.2 Å². The van der Waals surface area contributed by atoms with E-state index in [4.69, 9.17) is 9.47 Å². The number of ether oxygens (including phenoxy) is 2. The highest BCUT2D eigenvalue weighted by atomic mass is 127. The Labute approximate surface area is 162 Å². The molecule has 0 saturated carbocycles. The third-order valence-electron chi connectivity index (χ3n) is 5.15. The lowest BCUT2D eigenvalue weighted by Crippen LogP contribution is -2.29. The van der Waals surface area contributed by atoms with Gasteiger partial charge in [-0.2, -0.15) is 0 Å². The molecular weight excluding hydrogens is 481 g/mol. The Morgan fingerprint density at radius 3 is 2.79 bits per heavy atom. The van der Waals surface area contributed by atoms with E-state index < -0.39 is 0 Å². The van der Waals surface area contributed by atoms with Crippen LogP contribution in [0.2, 0.25) is 0 Å². The Morgan fingerprint density at radius 1 is 1.08 bits per heavy atom. The summed E-state index contributed by atoms with van der Waals surface area (Å²) in [6.07, 6.45) is 5.78. The fourth-order valence-electron chi connectivity index (χ4n) is 4.04. The minimum absolute atomic E-state index is 0.251. The predicted molar refractivity (Wildman–Crippen MR) is 106 cm³/mol. The summed E-state index contributed by atoms with van der Waals surface area (Å²) in [5.41, 5.74) is 3.88. The Kier molecular flexibility index (Phi) is 3.56. The molecule has 3 aliphatic rings. The van der Waals surface area contributed by atoms with Crippen LogP contribution in [0.25, 0.3) is 0 Å². The molecule has 0 bridgehead atoms. The first-order valence-electron chi connectivity index (χ1n) is 8.02. The van der Waals surface area contributed by atoms with Crippen molar-refractivity contribution < 1.29 is 9.47 Å². The number of halogens is 2. The zero-order valence-corrected chi connectivity index (χ0v) is 16.5. The second kappa shape index (κ2) is 5.66. The smallest absolute Gasteiger partial charge is 0.231 e. The van der Waals surface area contributed by atoms with Gasteiger partial charge in [-0.05, 0) is 76.4 Å². The minimum atomic E-state index is 0.251. The molecule has 0 fully saturated rings. The highest BCUT2D eigenvalue weighted by Gasteiger charge is 2.39. The Bertz CT molecular complexity index is 867. The number of rotatable bonds is 1. The third kappa shape index (κ3) is 2.28. The van der Waals surface area contributed by atoms with Crippen LogP contribution < -0.4 is 14.8 Å². The molecule has 0 aromatic heterocycles. The first kappa shape index (κ1) is 15.1. The summed E-state index contributed by atoms with van der Waals surface area (Å²) < 4.78 is 13.4. The number of anilines is 1. The molecule has 1 N–H and O–H groups in total. The Morgan fingerprint density at radius 2 is 1.92 bits per heavy atom. The van der Waals surface area contributed by atoms with E-state index >= 15 is 0 Å². The molecule has 2 aliphatic heterocycles. The molecule has 5 heteroatoms. The number of benzene rings is 2. The molecule has 0 spiro atoms. The molecule has 3 atom stereocenters. The van der Waals surface area contributed by atoms with Crippen molar-refractivity contribution in [3.63, 3.8) is 0 Å². The molecule has 1 aliphatic carbocycles. The lowest BCUT2D eigenvalue weighted by atomic mass is 9.77. The maximum Gasteiger partial charge on any atom is 0.231 e. The van der Waals surface area contributed by atoms with Gasteiger partial charge in [0, 0.05) is 19.6 Å². The minimum Gasteiger partial charge on any atom is -0.454 e. The average Bonchev–Trinajstić information content (AvgIpc) is 3.22. The van der Waals surface area contributed by atoms with E-state index in [0.29, 0.717) is 18.6 Å². The van der Waals surface area contributed by atoms with E-state index in [-0.39, 0.29) is 6.04 Å². The summed E-state index contributed by atoms with van der Waals surface area (Å²) in [5.74, 6) is 2.65. The normalized spacial score (nSPS) is 26.0. The maximum atomic E-state index is 5.59. The van der Waals surface area contributed by atoms with Crippen LogP contribution in [-0.4, -0.2) is 6.79 Å². The van der Waals surface area contributed by atoms with Crippen molar-refractivity contribution in [1.29, 1.82) is 0 Å². The van der Waals surface area contributed by atoms with E-state index in [2.05, 4.69) is 80.3 Å². The molecule has 2 heterocycles. The zero-order chi connectivity index (χ0) is 16.3. The highest BCUT2D eigenvalue weighted by molar-refractivity contribution is 14.1. The Hall–Kier alpha value is -1.21. The highest BCUT2D eigenvalue weighted by Crippen LogP contribution is 2.52. The van der Waals surface area contributed by atoms with Crippen LogP contribution in [0, 0.1) is 9.49 Å². The van der Waals surface area contributed by atoms with Crippen LogP contribution in [0.5, 0.6) is 11.5 Å². The number of allylic oxidation sites excluding steroid dienone is 2. The van der Waals surface area contributed by atoms with Crippen LogP contribution >= 0.6 is 38.5 Å². The van der Waals surface area contributed by atoms with Gasteiger partial charge in [-0.3, -0.25) is 0 Å². The van der Waals surface area contributed by atoms with Gasteiger partial charge in [-0.1, -0.05) is 28.1 Å². The summed E-state index contributed by atoms with van der Waals surface area (Å²) in [6, 6.07) is 11.1. The molecular formula is C19H15BrINO2. The van der Waals surface area contributed by atoms with Crippen LogP contribution in [-0.2, 0) is 0 Å². The third-order valence-corrected chi connectivity index (χ3v) is 6.51. The molecule has 0 unspecified atom stereocenters. The first-order valence-corrected chi connectivity index (χ1v) is 9.89. The van der Waals surface area contributed by atoms with Crippen molar-refractivity contribution in [2.75, 3.05) is 12.1 Å². The summed E-state index contributed by atoms with van der Waals surface area (Å²) in [5, 5.41) is 3.77. The SMILES string of the molecule is Brc1cc2c(cc1[C@@H]1Nc3ccc(I)cc3[C@@H]3C=CC[C@H]31)OCO2. The topological polar surface area (TPSA) is 30.5 Å². The predicted octanol–water partition coefficient (Wildman–Crippen LogP) is 5.61. The second-order valence-corrected chi connectivity index (χ2v) is 8.53. The van der Waals surface area contributed by atoms with Crippen LogP contribution in [0.4, 0.5) is 5.69 Å². The van der Waals surface area contributed by atoms with Gasteiger partial charge in [0.15, 0.2) is 11.5 Å². The van der Waals surface area contributed by atoms with E-state index in [1.54, 1.807) is 0 Å². The average molecular weight is 496 g/mol. The Balaban J connectivity index is 1.61. The van der Waals surface area contributed by atoms with Gasteiger partial charge in [0.05, 0.1) is 6.04 Å². The van der Waals surface area contributed by atoms with Gasteiger partial charge >= 0.3 is 0 Å². The second-order valence-electron chi connectivity index (χ2n) is 6.43. The van der Waals surface area contributed by atoms with Gasteiger partial charge in [-0.25, -0.2) is 0 Å². The first-order chi connectivity index (χ1) is 11.7. The van der Waals surface area contributed by atoms with Crippen molar-refractivity contribution in [3.05, 3.63) is 61.7 Å². The fourth-order valence-corrected chi connectivity index (χ4v) is 5.13. The molecule has 3 nitrogen and oxygen atoms in total. The van der Waals surface area contributed by atoms with E-state index in [1.807, 2.05) is 6.07 Å². The van der Waals surface area contributed by atoms with Gasteiger partial charge in [0.1, 0.15) is 0 Å². The van der Waals surface area contributed by atoms with Crippen LogP contribution in [0.15, 0.2) is 47.0 Å². The quantitative estimate of drug-likeness (QED) is 0.412. The summed E-state index contributed by atoms with van der Waals surface area (Å²) >= 11 is 6.13. The summed E-state index contributed by atoms with van der Waals surface area (Å²) in [7, 11) is 0. The van der Waals surface area contributed by atoms with Gasteiger partial charge in [0.2, 0.25) is 6.79 Å². The lowest BCUT2D eigenvalue weighted by Gasteiger charge is -2.38. The van der Waals surface area contributed by atoms with Gasteiger partial charge in [0.25, 0.3) is 0 Å². The molecule has 0 saturated heterocycles. The van der Waals surface area contributed by atoms with Crippen molar-refractivity contribution in [1.82, 2.24) is 0 Å². The zero-order valence-electron chi connectivity index (χ0n) is 12.8. The van der Waals surface area contributed by atoms with E-state index in [0.717, 1.165) is 22.4 Å². The molecule has 2 aromatic rings. The monoisotopic (exact) mass is 495 g/mol. The number of nitrogens with one attached hydrogen (secondary N) is 1. The lowest BCUT2D eigenvalue weighted by molar-refractivity contribution is 0.174. The van der Waals surface area contributed by atoms with Crippen LogP contribution in [0.3, 0.4) is 0 Å². The number of hydrogen-bond donors (Lipinski definition) is 1. The van der Waals surface area contributed by atoms with Crippen molar-refractivity contribution in [2.45, 2.75) is 18.4 Å². The summed E-state index contributed by atoms with van der Waals surface area (Å²) in [6.45, 7) is 0.304. The number of hydrogen-bond acceptors (Lipinski definition) is 3. The maximum absolute atomic E-state index is 5.59. The van der Waals surface area contributed by atoms with E-state index in [1.165, 1.54) is 20.4 Å². The number of fused-ring (bicyclic) bond motifs is 4. The molecule has 122 valence electrons. The van der Waals surface area contributed by atoms with Crippen molar-refractivity contribution in [3.8, 4) is 11.5 Å². The van der Waals surface area contributed by atoms with Crippen molar-refractivity contribution in [2.24, 2.45) is 5.92 Å². The molecule has 2 aromatic carbocycles. The molecule has 24 heavy (non-hydrogen) atoms. The van der Waals surface area contributed by atoms with Gasteiger partial charge < -0.3 is 14.8 Å².